The molecule has 1 aromatic carbocycles. The molecule has 0 bridgehead atoms. The molecule has 2 rings (SSSR count). The van der Waals surface area contributed by atoms with Crippen LogP contribution in [0.15, 0.2) is 22.8 Å². The molecule has 0 saturated carbocycles. The number of halogens is 3. The largest absolute Gasteiger partial charge is 0.444 e. The zero-order chi connectivity index (χ0) is 14.0. The Kier molecular flexibility index (Phi) is 3.90. The minimum absolute atomic E-state index is 0.199. The highest BCUT2D eigenvalue weighted by atomic mass is 19.1. The van der Waals surface area contributed by atoms with Crippen molar-refractivity contribution in [2.45, 2.75) is 26.4 Å². The molecule has 102 valence electrons. The molecule has 19 heavy (non-hydrogen) atoms. The maximum atomic E-state index is 13.5. The van der Waals surface area contributed by atoms with E-state index in [2.05, 4.69) is 10.3 Å². The number of hydrogen-bond acceptors (Lipinski definition) is 3. The average molecular weight is 270 g/mol. The van der Waals surface area contributed by atoms with Gasteiger partial charge in [-0.3, -0.25) is 0 Å². The molecule has 0 aliphatic heterocycles. The number of rotatable bonds is 4. The zero-order valence-corrected chi connectivity index (χ0v) is 10.5. The number of oxazole rings is 1. The van der Waals surface area contributed by atoms with Gasteiger partial charge in [0.1, 0.15) is 29.3 Å². The SMILES string of the molecule is CC(C)NCc1coc(-c2c(F)cc(F)cc2F)n1. The van der Waals surface area contributed by atoms with Crippen molar-refractivity contribution in [2.24, 2.45) is 0 Å². The number of nitrogens with one attached hydrogen (secondary N) is 1. The smallest absolute Gasteiger partial charge is 0.232 e. The first kappa shape index (κ1) is 13.6. The van der Waals surface area contributed by atoms with Crippen molar-refractivity contribution in [1.82, 2.24) is 10.3 Å². The normalized spacial score (nSPS) is 11.3. The summed E-state index contributed by atoms with van der Waals surface area (Å²) in [4.78, 5) is 3.97. The number of nitrogens with zero attached hydrogens (tertiary/aromatic N) is 1. The van der Waals surface area contributed by atoms with Crippen LogP contribution in [0.4, 0.5) is 13.2 Å². The molecule has 0 radical (unpaired) electrons. The minimum atomic E-state index is -1.04. The summed E-state index contributed by atoms with van der Waals surface area (Å²) in [6.07, 6.45) is 1.31. The lowest BCUT2D eigenvalue weighted by Gasteiger charge is -2.04. The summed E-state index contributed by atoms with van der Waals surface area (Å²) >= 11 is 0. The predicted molar refractivity (Wildman–Crippen MR) is 63.8 cm³/mol. The Labute approximate surface area is 108 Å². The highest BCUT2D eigenvalue weighted by Gasteiger charge is 2.18. The van der Waals surface area contributed by atoms with Crippen LogP contribution in [-0.2, 0) is 6.54 Å². The van der Waals surface area contributed by atoms with E-state index in [1.54, 1.807) is 0 Å². The minimum Gasteiger partial charge on any atom is -0.444 e. The molecule has 0 aliphatic carbocycles. The molecule has 1 N–H and O–H groups in total. The van der Waals surface area contributed by atoms with Gasteiger partial charge in [-0.05, 0) is 0 Å². The summed E-state index contributed by atoms with van der Waals surface area (Å²) < 4.78 is 44.9. The molecule has 3 nitrogen and oxygen atoms in total. The highest BCUT2D eigenvalue weighted by molar-refractivity contribution is 5.55. The first-order valence-electron chi connectivity index (χ1n) is 5.80. The van der Waals surface area contributed by atoms with E-state index in [1.165, 1.54) is 6.26 Å². The van der Waals surface area contributed by atoms with E-state index in [4.69, 9.17) is 4.42 Å². The fourth-order valence-corrected chi connectivity index (χ4v) is 1.56. The van der Waals surface area contributed by atoms with Crippen LogP contribution in [0.5, 0.6) is 0 Å². The second kappa shape index (κ2) is 5.44. The average Bonchev–Trinajstić information content (AvgIpc) is 2.73. The van der Waals surface area contributed by atoms with Crippen molar-refractivity contribution in [3.8, 4) is 11.5 Å². The summed E-state index contributed by atoms with van der Waals surface area (Å²) in [6, 6.07) is 1.43. The number of benzene rings is 1. The molecule has 0 amide bonds. The van der Waals surface area contributed by atoms with Crippen LogP contribution in [0.3, 0.4) is 0 Å². The maximum absolute atomic E-state index is 13.5. The summed E-state index contributed by atoms with van der Waals surface area (Å²) in [6.45, 7) is 4.34. The Morgan fingerprint density at radius 1 is 1.21 bits per heavy atom. The van der Waals surface area contributed by atoms with Gasteiger partial charge in [-0.1, -0.05) is 13.8 Å². The van der Waals surface area contributed by atoms with E-state index in [-0.39, 0.29) is 11.9 Å². The Bertz CT molecular complexity index is 558. The quantitative estimate of drug-likeness (QED) is 0.926. The number of hydrogen-bond donors (Lipinski definition) is 1. The van der Waals surface area contributed by atoms with E-state index < -0.39 is 23.0 Å². The van der Waals surface area contributed by atoms with Crippen molar-refractivity contribution < 1.29 is 17.6 Å². The van der Waals surface area contributed by atoms with Crippen molar-refractivity contribution in [1.29, 1.82) is 0 Å². The van der Waals surface area contributed by atoms with Gasteiger partial charge in [0.25, 0.3) is 0 Å². The third-order valence-corrected chi connectivity index (χ3v) is 2.46. The second-order valence-corrected chi connectivity index (χ2v) is 4.42. The molecular weight excluding hydrogens is 257 g/mol. The lowest BCUT2D eigenvalue weighted by molar-refractivity contribution is 0.523. The van der Waals surface area contributed by atoms with E-state index in [9.17, 15) is 13.2 Å². The van der Waals surface area contributed by atoms with Crippen LogP contribution in [-0.4, -0.2) is 11.0 Å². The molecule has 0 unspecified atom stereocenters. The molecule has 0 atom stereocenters. The first-order valence-corrected chi connectivity index (χ1v) is 5.80. The third-order valence-electron chi connectivity index (χ3n) is 2.46. The first-order chi connectivity index (χ1) is 8.97. The predicted octanol–water partition coefficient (Wildman–Crippen LogP) is 3.26. The second-order valence-electron chi connectivity index (χ2n) is 4.42. The van der Waals surface area contributed by atoms with E-state index >= 15 is 0 Å². The van der Waals surface area contributed by atoms with Gasteiger partial charge in [-0.15, -0.1) is 0 Å². The Hall–Kier alpha value is -1.82. The zero-order valence-electron chi connectivity index (χ0n) is 10.5. The van der Waals surface area contributed by atoms with Crippen LogP contribution in [0.2, 0.25) is 0 Å². The van der Waals surface area contributed by atoms with Crippen LogP contribution in [0, 0.1) is 17.5 Å². The lowest BCUT2D eigenvalue weighted by atomic mass is 10.2. The van der Waals surface area contributed by atoms with Crippen molar-refractivity contribution in [3.05, 3.63) is 41.5 Å². The van der Waals surface area contributed by atoms with Gasteiger partial charge in [0.05, 0.1) is 5.69 Å². The molecule has 0 spiro atoms. The molecule has 2 aromatic rings. The van der Waals surface area contributed by atoms with E-state index in [0.29, 0.717) is 24.4 Å². The van der Waals surface area contributed by atoms with Gasteiger partial charge < -0.3 is 9.73 Å². The van der Waals surface area contributed by atoms with Gasteiger partial charge in [0.2, 0.25) is 5.89 Å². The molecule has 0 aliphatic rings. The van der Waals surface area contributed by atoms with Crippen LogP contribution in [0.25, 0.3) is 11.5 Å². The molecule has 1 aromatic heterocycles. The lowest BCUT2D eigenvalue weighted by Crippen LogP contribution is -2.21. The Morgan fingerprint density at radius 2 is 1.84 bits per heavy atom. The van der Waals surface area contributed by atoms with Crippen molar-refractivity contribution in [2.75, 3.05) is 0 Å². The molecular formula is C13H13F3N2O. The van der Waals surface area contributed by atoms with Gasteiger partial charge in [-0.25, -0.2) is 18.2 Å². The fourth-order valence-electron chi connectivity index (χ4n) is 1.56. The van der Waals surface area contributed by atoms with Gasteiger partial charge in [0.15, 0.2) is 0 Å². The topological polar surface area (TPSA) is 38.1 Å². The highest BCUT2D eigenvalue weighted by Crippen LogP contribution is 2.26. The fraction of sp³-hybridized carbons (Fsp3) is 0.308. The van der Waals surface area contributed by atoms with Crippen molar-refractivity contribution in [3.63, 3.8) is 0 Å². The van der Waals surface area contributed by atoms with Gasteiger partial charge in [-0.2, -0.15) is 0 Å². The van der Waals surface area contributed by atoms with Crippen molar-refractivity contribution >= 4 is 0 Å². The van der Waals surface area contributed by atoms with Crippen LogP contribution in [0.1, 0.15) is 19.5 Å². The molecule has 0 fully saturated rings. The standard InChI is InChI=1S/C13H13F3N2O/c1-7(2)17-5-9-6-19-13(18-9)12-10(15)3-8(14)4-11(12)16/h3-4,6-7,17H,5H2,1-2H3. The van der Waals surface area contributed by atoms with Crippen LogP contribution < -0.4 is 5.32 Å². The summed E-state index contributed by atoms with van der Waals surface area (Å²) in [7, 11) is 0. The van der Waals surface area contributed by atoms with E-state index in [0.717, 1.165) is 0 Å². The Balaban J connectivity index is 2.28. The van der Waals surface area contributed by atoms with Gasteiger partial charge >= 0.3 is 0 Å². The summed E-state index contributed by atoms with van der Waals surface area (Å²) in [5.41, 5.74) is 0.0593. The summed E-state index contributed by atoms with van der Waals surface area (Å²) in [5, 5.41) is 3.09. The summed E-state index contributed by atoms with van der Waals surface area (Å²) in [5.74, 6) is -3.26. The van der Waals surface area contributed by atoms with Crippen LogP contribution >= 0.6 is 0 Å². The maximum Gasteiger partial charge on any atom is 0.232 e. The van der Waals surface area contributed by atoms with Gasteiger partial charge in [0, 0.05) is 24.7 Å². The molecule has 6 heteroatoms. The van der Waals surface area contributed by atoms with E-state index in [1.807, 2.05) is 13.8 Å². The number of aromatic nitrogens is 1. The monoisotopic (exact) mass is 270 g/mol. The Morgan fingerprint density at radius 3 is 2.42 bits per heavy atom. The molecule has 0 saturated heterocycles. The third kappa shape index (κ3) is 3.14. The molecule has 1 heterocycles.